The fourth-order valence-corrected chi connectivity index (χ4v) is 6.72. The molecule has 3 atom stereocenters. The number of nitrogens with one attached hydrogen (secondary N) is 1. The fraction of sp³-hybridized carbons (Fsp3) is 0.406. The van der Waals surface area contributed by atoms with Gasteiger partial charge in [-0.1, -0.05) is 25.8 Å². The molecule has 0 bridgehead atoms. The van der Waals surface area contributed by atoms with Gasteiger partial charge in [0.25, 0.3) is 0 Å². The molecule has 0 saturated carbocycles. The molecule has 0 spiro atoms. The summed E-state index contributed by atoms with van der Waals surface area (Å²) in [4.78, 5) is 15.7. The van der Waals surface area contributed by atoms with Gasteiger partial charge in [-0.25, -0.2) is 18.2 Å². The van der Waals surface area contributed by atoms with Crippen LogP contribution in [0.15, 0.2) is 24.3 Å². The van der Waals surface area contributed by atoms with Crippen LogP contribution in [-0.4, -0.2) is 69.0 Å². The lowest BCUT2D eigenvalue weighted by Crippen LogP contribution is -2.43. The zero-order valence-electron chi connectivity index (χ0n) is 23.8. The number of hydrogen-bond donors (Lipinski definition) is 2. The van der Waals surface area contributed by atoms with Crippen LogP contribution in [0.2, 0.25) is 0 Å². The average molecular weight is 590 g/mol. The maximum Gasteiger partial charge on any atom is 0.319 e. The highest BCUT2D eigenvalue weighted by molar-refractivity contribution is 6.04. The van der Waals surface area contributed by atoms with Crippen LogP contribution in [0.4, 0.5) is 19.0 Å². The number of ether oxygens (including phenoxy) is 2. The summed E-state index contributed by atoms with van der Waals surface area (Å²) < 4.78 is 58.1. The Kier molecular flexibility index (Phi) is 6.50. The van der Waals surface area contributed by atoms with Crippen LogP contribution in [-0.2, 0) is 0 Å². The molecule has 2 saturated heterocycles. The molecule has 3 aliphatic rings. The summed E-state index contributed by atoms with van der Waals surface area (Å²) in [5.41, 5.74) is -0.796. The van der Waals surface area contributed by atoms with E-state index in [0.717, 1.165) is 19.4 Å². The highest BCUT2D eigenvalue weighted by Crippen LogP contribution is 2.43. The molecule has 4 aromatic rings. The molecule has 222 valence electrons. The molecule has 1 unspecified atom stereocenters. The van der Waals surface area contributed by atoms with E-state index in [-0.39, 0.29) is 75.9 Å². The maximum atomic E-state index is 16.7. The number of alkyl halides is 1. The van der Waals surface area contributed by atoms with Gasteiger partial charge in [0.05, 0.1) is 17.1 Å². The van der Waals surface area contributed by atoms with Gasteiger partial charge in [0.15, 0.2) is 5.82 Å². The Hall–Kier alpha value is -4.30. The molecule has 3 aliphatic heterocycles. The highest BCUT2D eigenvalue weighted by atomic mass is 19.1. The molecule has 7 rings (SSSR count). The van der Waals surface area contributed by atoms with Crippen molar-refractivity contribution in [3.05, 3.63) is 41.5 Å². The number of aromatic nitrogens is 3. The third-order valence-electron chi connectivity index (χ3n) is 8.94. The number of terminal acetylenes is 1. The Morgan fingerprint density at radius 2 is 2.07 bits per heavy atom. The number of hydrogen-bond acceptors (Lipinski definition) is 8. The maximum absolute atomic E-state index is 16.7. The van der Waals surface area contributed by atoms with Crippen molar-refractivity contribution < 1.29 is 27.8 Å². The van der Waals surface area contributed by atoms with E-state index in [1.54, 1.807) is 0 Å². The van der Waals surface area contributed by atoms with Crippen LogP contribution < -0.4 is 14.8 Å². The molecule has 2 N–H and O–H groups in total. The van der Waals surface area contributed by atoms with Gasteiger partial charge < -0.3 is 19.9 Å². The van der Waals surface area contributed by atoms with Crippen LogP contribution in [0.25, 0.3) is 32.9 Å². The minimum absolute atomic E-state index is 0.0685. The second-order valence-corrected chi connectivity index (χ2v) is 12.0. The first-order valence-electron chi connectivity index (χ1n) is 14.4. The van der Waals surface area contributed by atoms with E-state index in [9.17, 15) is 13.9 Å². The van der Waals surface area contributed by atoms with Gasteiger partial charge in [0.2, 0.25) is 5.88 Å². The van der Waals surface area contributed by atoms with Crippen molar-refractivity contribution in [2.75, 3.05) is 31.6 Å². The predicted molar refractivity (Wildman–Crippen MR) is 156 cm³/mol. The number of aromatic hydroxyl groups is 1. The number of nitrogens with zero attached hydrogens (tertiary/aromatic N) is 4. The summed E-state index contributed by atoms with van der Waals surface area (Å²) in [7, 11) is 0. The van der Waals surface area contributed by atoms with Crippen molar-refractivity contribution >= 4 is 27.5 Å². The number of phenols is 1. The third kappa shape index (κ3) is 4.47. The highest BCUT2D eigenvalue weighted by Gasteiger charge is 2.49. The van der Waals surface area contributed by atoms with Gasteiger partial charge in [-0.3, -0.25) is 4.90 Å². The molecular weight excluding hydrogens is 559 g/mol. The quantitative estimate of drug-likeness (QED) is 0.291. The number of benzene rings is 2. The van der Waals surface area contributed by atoms with Gasteiger partial charge in [0.1, 0.15) is 53.4 Å². The SMILES string of the molecule is C#Cc1c(F)ccc2cc(O)cc(-c3nc4c5c(nc(OCC67CCCN6C[C@H](F)C7)nc5c3F)N[C@@H](C(C)C)CO4)c12. The molecule has 0 radical (unpaired) electrons. The lowest BCUT2D eigenvalue weighted by molar-refractivity contribution is 0.107. The average Bonchev–Trinajstić information content (AvgIpc) is 3.43. The summed E-state index contributed by atoms with van der Waals surface area (Å²) in [5, 5.41) is 14.7. The smallest absolute Gasteiger partial charge is 0.319 e. The first kappa shape index (κ1) is 27.5. The van der Waals surface area contributed by atoms with E-state index < -0.39 is 23.3 Å². The van der Waals surface area contributed by atoms with Crippen LogP contribution >= 0.6 is 0 Å². The zero-order valence-corrected chi connectivity index (χ0v) is 23.8. The van der Waals surface area contributed by atoms with E-state index in [0.29, 0.717) is 24.2 Å². The normalized spacial score (nSPS) is 23.2. The largest absolute Gasteiger partial charge is 0.508 e. The van der Waals surface area contributed by atoms with Crippen LogP contribution in [0.5, 0.6) is 17.6 Å². The van der Waals surface area contributed by atoms with E-state index in [1.165, 1.54) is 24.3 Å². The first-order valence-corrected chi connectivity index (χ1v) is 14.4. The molecule has 0 aliphatic carbocycles. The zero-order chi connectivity index (χ0) is 30.0. The Morgan fingerprint density at radius 1 is 1.23 bits per heavy atom. The van der Waals surface area contributed by atoms with Gasteiger partial charge >= 0.3 is 6.01 Å². The number of anilines is 1. The van der Waals surface area contributed by atoms with E-state index in [1.807, 2.05) is 13.8 Å². The molecule has 5 heterocycles. The number of phenolic OH excluding ortho intramolecular Hbond substituents is 1. The summed E-state index contributed by atoms with van der Waals surface area (Å²) >= 11 is 0. The van der Waals surface area contributed by atoms with Crippen molar-refractivity contribution in [1.82, 2.24) is 19.9 Å². The minimum Gasteiger partial charge on any atom is -0.508 e. The molecule has 43 heavy (non-hydrogen) atoms. The molecule has 11 heteroatoms. The van der Waals surface area contributed by atoms with Gasteiger partial charge in [-0.05, 0) is 48.9 Å². The number of pyridine rings is 1. The van der Waals surface area contributed by atoms with Crippen LogP contribution in [0.1, 0.15) is 38.7 Å². The van der Waals surface area contributed by atoms with Gasteiger partial charge in [-0.15, -0.1) is 6.42 Å². The Morgan fingerprint density at radius 3 is 2.86 bits per heavy atom. The van der Waals surface area contributed by atoms with Gasteiger partial charge in [0, 0.05) is 23.9 Å². The van der Waals surface area contributed by atoms with Crippen molar-refractivity contribution in [2.45, 2.75) is 50.9 Å². The van der Waals surface area contributed by atoms with E-state index >= 15 is 4.39 Å². The molecule has 2 fully saturated rings. The van der Waals surface area contributed by atoms with Crippen molar-refractivity contribution in [3.8, 4) is 41.2 Å². The first-order chi connectivity index (χ1) is 20.7. The Bertz CT molecular complexity index is 1830. The van der Waals surface area contributed by atoms with Gasteiger partial charge in [-0.2, -0.15) is 9.97 Å². The molecule has 2 aromatic carbocycles. The monoisotopic (exact) mass is 589 g/mol. The topological polar surface area (TPSA) is 92.6 Å². The summed E-state index contributed by atoms with van der Waals surface area (Å²) in [6, 6.07) is 5.11. The molecule has 0 amide bonds. The van der Waals surface area contributed by atoms with Crippen molar-refractivity contribution in [3.63, 3.8) is 0 Å². The van der Waals surface area contributed by atoms with Crippen LogP contribution in [0.3, 0.4) is 0 Å². The lowest BCUT2D eigenvalue weighted by atomic mass is 9.95. The van der Waals surface area contributed by atoms with Crippen molar-refractivity contribution in [1.29, 1.82) is 0 Å². The second kappa shape index (κ2) is 10.2. The van der Waals surface area contributed by atoms with Crippen molar-refractivity contribution in [2.24, 2.45) is 5.92 Å². The standard InChI is InChI=1S/C32H30F3N5O3/c1-4-20-22(34)7-6-17-10-19(41)11-21(24(17)20)27-26(35)28-25-29(36-23(16(2)3)14-42-30(25)37-27)39-31(38-28)43-15-32-8-5-9-40(32)13-18(33)12-32/h1,6-7,10-11,16,18,23,41H,5,8-9,12-15H2,2-3H3,(H,36,38,39)/t18-,23-,32?/m1/s1. The lowest BCUT2D eigenvalue weighted by Gasteiger charge is -2.30. The summed E-state index contributed by atoms with van der Waals surface area (Å²) in [5.74, 6) is 1.17. The Labute approximate surface area is 246 Å². The summed E-state index contributed by atoms with van der Waals surface area (Å²) in [6.45, 7) is 5.57. The molecule has 2 aromatic heterocycles. The van der Waals surface area contributed by atoms with E-state index in [4.69, 9.17) is 15.9 Å². The minimum atomic E-state index is -0.930. The second-order valence-electron chi connectivity index (χ2n) is 12.0. The number of fused-ring (bicyclic) bond motifs is 2. The Balaban J connectivity index is 1.42. The van der Waals surface area contributed by atoms with Crippen LogP contribution in [0, 0.1) is 29.9 Å². The predicted octanol–water partition coefficient (Wildman–Crippen LogP) is 5.59. The number of halogens is 3. The fourth-order valence-electron chi connectivity index (χ4n) is 6.72. The third-order valence-corrected chi connectivity index (χ3v) is 8.94. The summed E-state index contributed by atoms with van der Waals surface area (Å²) in [6.07, 6.45) is 6.83. The van der Waals surface area contributed by atoms with E-state index in [2.05, 4.69) is 31.1 Å². The molecule has 8 nitrogen and oxygen atoms in total. The molecular formula is C32H30F3N5O3. The number of rotatable bonds is 5.